The number of sulfonamides is 1. The average Bonchev–Trinajstić information content (AvgIpc) is 3.17. The number of nitrogens with zero attached hydrogens (tertiary/aromatic N) is 5. The molecule has 4 rings (SSSR count). The predicted octanol–water partition coefficient (Wildman–Crippen LogP) is 2.55. The van der Waals surface area contributed by atoms with Gasteiger partial charge in [0, 0.05) is 38.8 Å². The van der Waals surface area contributed by atoms with Crippen molar-refractivity contribution < 1.29 is 17.6 Å². The van der Waals surface area contributed by atoms with Gasteiger partial charge in [-0.2, -0.15) is 4.31 Å². The van der Waals surface area contributed by atoms with E-state index in [1.54, 1.807) is 4.90 Å². The molecule has 0 N–H and O–H groups in total. The summed E-state index contributed by atoms with van der Waals surface area (Å²) < 4.78 is 42.1. The SMILES string of the molecule is Cc1cccc(-c2nnc(SCC(=O)N3CCN(S(=O)(=O)c4cccc(F)c4)CC3)n2C)c1. The number of carbonyl (C=O) groups is 1. The molecular weight excluding hydrogens is 465 g/mol. The molecule has 1 saturated heterocycles. The number of benzene rings is 2. The van der Waals surface area contributed by atoms with Crippen LogP contribution in [0.2, 0.25) is 0 Å². The molecule has 0 saturated carbocycles. The molecule has 33 heavy (non-hydrogen) atoms. The van der Waals surface area contributed by atoms with Crippen molar-refractivity contribution in [2.45, 2.75) is 17.0 Å². The van der Waals surface area contributed by atoms with Crippen molar-refractivity contribution in [3.8, 4) is 11.4 Å². The zero-order valence-corrected chi connectivity index (χ0v) is 19.9. The molecule has 0 radical (unpaired) electrons. The Morgan fingerprint density at radius 2 is 1.79 bits per heavy atom. The van der Waals surface area contributed by atoms with Gasteiger partial charge in [-0.25, -0.2) is 12.8 Å². The lowest BCUT2D eigenvalue weighted by Crippen LogP contribution is -2.51. The van der Waals surface area contributed by atoms with E-state index in [0.717, 1.165) is 23.0 Å². The molecule has 0 bridgehead atoms. The molecule has 0 atom stereocenters. The highest BCUT2D eigenvalue weighted by atomic mass is 32.2. The topological polar surface area (TPSA) is 88.4 Å². The molecule has 8 nitrogen and oxygen atoms in total. The monoisotopic (exact) mass is 489 g/mol. The van der Waals surface area contributed by atoms with E-state index in [2.05, 4.69) is 10.2 Å². The molecular formula is C22H24FN5O3S2. The predicted molar refractivity (Wildman–Crippen MR) is 124 cm³/mol. The van der Waals surface area contributed by atoms with Gasteiger partial charge in [0.05, 0.1) is 10.6 Å². The summed E-state index contributed by atoms with van der Waals surface area (Å²) >= 11 is 1.30. The minimum atomic E-state index is -3.79. The highest BCUT2D eigenvalue weighted by Gasteiger charge is 2.30. The number of rotatable bonds is 6. The number of aromatic nitrogens is 3. The lowest BCUT2D eigenvalue weighted by molar-refractivity contribution is -0.129. The van der Waals surface area contributed by atoms with Crippen molar-refractivity contribution in [1.82, 2.24) is 24.0 Å². The van der Waals surface area contributed by atoms with Crippen LogP contribution in [0, 0.1) is 12.7 Å². The number of hydrogen-bond donors (Lipinski definition) is 0. The Labute approximate surface area is 196 Å². The van der Waals surface area contributed by atoms with E-state index in [0.29, 0.717) is 5.16 Å². The Kier molecular flexibility index (Phi) is 6.82. The maximum atomic E-state index is 13.5. The smallest absolute Gasteiger partial charge is 0.243 e. The third-order valence-corrected chi connectivity index (χ3v) is 8.36. The first-order valence-electron chi connectivity index (χ1n) is 10.4. The van der Waals surface area contributed by atoms with Gasteiger partial charge >= 0.3 is 0 Å². The fourth-order valence-electron chi connectivity index (χ4n) is 3.65. The molecule has 3 aromatic rings. The summed E-state index contributed by atoms with van der Waals surface area (Å²) in [6.07, 6.45) is 0. The van der Waals surface area contributed by atoms with Gasteiger partial charge in [0.2, 0.25) is 15.9 Å². The number of carbonyl (C=O) groups excluding carboxylic acids is 1. The summed E-state index contributed by atoms with van der Waals surface area (Å²) in [5.41, 5.74) is 2.08. The van der Waals surface area contributed by atoms with Crippen LogP contribution in [-0.2, 0) is 21.9 Å². The lowest BCUT2D eigenvalue weighted by Gasteiger charge is -2.34. The third-order valence-electron chi connectivity index (χ3n) is 5.46. The van der Waals surface area contributed by atoms with Gasteiger partial charge in [0.25, 0.3) is 0 Å². The quantitative estimate of drug-likeness (QED) is 0.495. The van der Waals surface area contributed by atoms with Crippen LogP contribution >= 0.6 is 11.8 Å². The fraction of sp³-hybridized carbons (Fsp3) is 0.318. The maximum absolute atomic E-state index is 13.5. The summed E-state index contributed by atoms with van der Waals surface area (Å²) in [5.74, 6) is 0.208. The third kappa shape index (κ3) is 5.10. The standard InChI is InChI=1S/C22H24FN5O3S2/c1-16-5-3-6-17(13-16)21-24-25-22(26(21)2)32-15-20(29)27-9-11-28(12-10-27)33(30,31)19-8-4-7-18(23)14-19/h3-8,13-14H,9-12,15H2,1-2H3. The van der Waals surface area contributed by atoms with Crippen molar-refractivity contribution in [2.75, 3.05) is 31.9 Å². The number of aryl methyl sites for hydroxylation is 1. The van der Waals surface area contributed by atoms with E-state index in [4.69, 9.17) is 0 Å². The number of halogens is 1. The van der Waals surface area contributed by atoms with E-state index < -0.39 is 15.8 Å². The molecule has 2 aromatic carbocycles. The first-order valence-corrected chi connectivity index (χ1v) is 12.8. The van der Waals surface area contributed by atoms with Crippen LogP contribution in [0.5, 0.6) is 0 Å². The molecule has 0 spiro atoms. The first-order chi connectivity index (χ1) is 15.8. The zero-order valence-electron chi connectivity index (χ0n) is 18.3. The first kappa shape index (κ1) is 23.4. The van der Waals surface area contributed by atoms with Crippen LogP contribution in [0.15, 0.2) is 58.6 Å². The molecule has 0 unspecified atom stereocenters. The van der Waals surface area contributed by atoms with Crippen molar-refractivity contribution in [3.63, 3.8) is 0 Å². The second kappa shape index (κ2) is 9.62. The molecule has 0 aliphatic carbocycles. The van der Waals surface area contributed by atoms with Gasteiger partial charge in [-0.1, -0.05) is 41.6 Å². The Morgan fingerprint density at radius 3 is 2.48 bits per heavy atom. The fourth-order valence-corrected chi connectivity index (χ4v) is 5.92. The van der Waals surface area contributed by atoms with Gasteiger partial charge in [0.15, 0.2) is 11.0 Å². The maximum Gasteiger partial charge on any atom is 0.243 e. The summed E-state index contributed by atoms with van der Waals surface area (Å²) in [6.45, 7) is 2.90. The Bertz CT molecular complexity index is 1270. The van der Waals surface area contributed by atoms with E-state index in [1.807, 2.05) is 42.8 Å². The Hall–Kier alpha value is -2.76. The summed E-state index contributed by atoms with van der Waals surface area (Å²) in [7, 11) is -1.93. The number of amides is 1. The second-order valence-corrected chi connectivity index (χ2v) is 10.6. The Morgan fingerprint density at radius 1 is 1.06 bits per heavy atom. The molecule has 2 heterocycles. The van der Waals surface area contributed by atoms with Crippen LogP contribution in [0.1, 0.15) is 5.56 Å². The number of piperazine rings is 1. The normalized spacial score (nSPS) is 15.1. The van der Waals surface area contributed by atoms with Crippen molar-refractivity contribution in [2.24, 2.45) is 7.05 Å². The van der Waals surface area contributed by atoms with Crippen LogP contribution in [0.3, 0.4) is 0 Å². The van der Waals surface area contributed by atoms with Gasteiger partial charge < -0.3 is 9.47 Å². The highest BCUT2D eigenvalue weighted by molar-refractivity contribution is 7.99. The van der Waals surface area contributed by atoms with Crippen LogP contribution in [0.4, 0.5) is 4.39 Å². The van der Waals surface area contributed by atoms with E-state index in [9.17, 15) is 17.6 Å². The minimum Gasteiger partial charge on any atom is -0.339 e. The summed E-state index contributed by atoms with van der Waals surface area (Å²) in [4.78, 5) is 14.3. The molecule has 1 fully saturated rings. The van der Waals surface area contributed by atoms with E-state index >= 15 is 0 Å². The van der Waals surface area contributed by atoms with Crippen molar-refractivity contribution in [1.29, 1.82) is 0 Å². The highest BCUT2D eigenvalue weighted by Crippen LogP contribution is 2.24. The number of thioether (sulfide) groups is 1. The Balaban J connectivity index is 1.34. The molecule has 11 heteroatoms. The molecule has 1 aliphatic heterocycles. The van der Waals surface area contributed by atoms with Crippen LogP contribution in [-0.4, -0.2) is 70.2 Å². The summed E-state index contributed by atoms with van der Waals surface area (Å²) in [6, 6.07) is 12.9. The molecule has 174 valence electrons. The van der Waals surface area contributed by atoms with Gasteiger partial charge in [-0.3, -0.25) is 4.79 Å². The van der Waals surface area contributed by atoms with E-state index in [1.165, 1.54) is 34.3 Å². The molecule has 1 aromatic heterocycles. The molecule has 1 aliphatic rings. The van der Waals surface area contributed by atoms with Gasteiger partial charge in [-0.15, -0.1) is 10.2 Å². The van der Waals surface area contributed by atoms with Gasteiger partial charge in [0.1, 0.15) is 5.82 Å². The zero-order chi connectivity index (χ0) is 23.6. The summed E-state index contributed by atoms with van der Waals surface area (Å²) in [5, 5.41) is 9.10. The molecule has 1 amide bonds. The van der Waals surface area contributed by atoms with Gasteiger partial charge in [-0.05, 0) is 31.2 Å². The second-order valence-electron chi connectivity index (χ2n) is 7.77. The average molecular weight is 490 g/mol. The van der Waals surface area contributed by atoms with Crippen LogP contribution < -0.4 is 0 Å². The number of hydrogen-bond acceptors (Lipinski definition) is 6. The lowest BCUT2D eigenvalue weighted by atomic mass is 10.1. The minimum absolute atomic E-state index is 0.0791. The van der Waals surface area contributed by atoms with Crippen molar-refractivity contribution in [3.05, 3.63) is 59.9 Å². The van der Waals surface area contributed by atoms with Crippen molar-refractivity contribution >= 4 is 27.7 Å². The van der Waals surface area contributed by atoms with E-state index in [-0.39, 0.29) is 42.7 Å². The van der Waals surface area contributed by atoms with Crippen LogP contribution in [0.25, 0.3) is 11.4 Å². The largest absolute Gasteiger partial charge is 0.339 e.